The van der Waals surface area contributed by atoms with Crippen LogP contribution in [0.3, 0.4) is 0 Å². The van der Waals surface area contributed by atoms with Crippen molar-refractivity contribution in [2.24, 2.45) is 0 Å². The van der Waals surface area contributed by atoms with Crippen LogP contribution in [0.4, 0.5) is 5.69 Å². The van der Waals surface area contributed by atoms with Crippen molar-refractivity contribution in [3.63, 3.8) is 0 Å². The number of aromatic hydroxyl groups is 1. The molecule has 3 rings (SSSR count). The summed E-state index contributed by atoms with van der Waals surface area (Å²) < 4.78 is 0. The molecule has 0 radical (unpaired) electrons. The second-order valence-corrected chi connectivity index (χ2v) is 6.17. The molecule has 3 aromatic rings. The topological polar surface area (TPSA) is 92.4 Å². The number of hydrogen-bond acceptors (Lipinski definition) is 6. The van der Waals surface area contributed by atoms with Crippen LogP contribution in [0.1, 0.15) is 17.0 Å². The van der Waals surface area contributed by atoms with Gasteiger partial charge in [0.05, 0.1) is 16.7 Å². The normalized spacial score (nSPS) is 10.9. The Hall–Kier alpha value is -3.32. The van der Waals surface area contributed by atoms with Gasteiger partial charge in [-0.05, 0) is 30.3 Å². The molecular weight excluding hydrogens is 344 g/mol. The van der Waals surface area contributed by atoms with Gasteiger partial charge in [0.25, 0.3) is 5.69 Å². The summed E-state index contributed by atoms with van der Waals surface area (Å²) >= 11 is 0. The first-order chi connectivity index (χ1) is 13.1. The van der Waals surface area contributed by atoms with Gasteiger partial charge >= 0.3 is 0 Å². The van der Waals surface area contributed by atoms with Crippen LogP contribution in [0.15, 0.2) is 67.0 Å². The molecule has 0 saturated carbocycles. The first-order valence-corrected chi connectivity index (χ1v) is 8.60. The zero-order chi connectivity index (χ0) is 19.1. The molecule has 0 aliphatic carbocycles. The van der Waals surface area contributed by atoms with Gasteiger partial charge in [0.2, 0.25) is 0 Å². The van der Waals surface area contributed by atoms with Crippen LogP contribution in [0.2, 0.25) is 0 Å². The predicted molar refractivity (Wildman–Crippen MR) is 101 cm³/mol. The average molecular weight is 364 g/mol. The molecule has 0 saturated heterocycles. The van der Waals surface area contributed by atoms with E-state index in [1.165, 1.54) is 12.1 Å². The predicted octanol–water partition coefficient (Wildman–Crippen LogP) is 3.34. The second kappa shape index (κ2) is 8.86. The van der Waals surface area contributed by atoms with E-state index in [1.54, 1.807) is 18.5 Å². The maximum atomic E-state index is 10.9. The van der Waals surface area contributed by atoms with Crippen LogP contribution in [0.25, 0.3) is 0 Å². The minimum atomic E-state index is -0.518. The van der Waals surface area contributed by atoms with E-state index in [0.29, 0.717) is 25.2 Å². The third-order valence-electron chi connectivity index (χ3n) is 4.20. The average Bonchev–Trinajstić information content (AvgIpc) is 2.69. The highest BCUT2D eigenvalue weighted by atomic mass is 16.6. The van der Waals surface area contributed by atoms with E-state index in [2.05, 4.69) is 14.9 Å². The van der Waals surface area contributed by atoms with Gasteiger partial charge in [-0.25, -0.2) is 0 Å². The van der Waals surface area contributed by atoms with Crippen LogP contribution in [-0.4, -0.2) is 31.4 Å². The van der Waals surface area contributed by atoms with Crippen LogP contribution in [0.5, 0.6) is 5.75 Å². The standard InChI is InChI=1S/C20H20N4O3/c25-20-13-19(24(26)27)8-7-16(20)14-23(15-18-6-2-4-11-22-18)12-9-17-5-1-3-10-21-17/h1-8,10-11,13,25H,9,12,14-15H2. The van der Waals surface area contributed by atoms with Gasteiger partial charge in [0.15, 0.2) is 0 Å². The summed E-state index contributed by atoms with van der Waals surface area (Å²) in [6.45, 7) is 1.77. The summed E-state index contributed by atoms with van der Waals surface area (Å²) in [5, 5.41) is 21.0. The molecule has 0 amide bonds. The van der Waals surface area contributed by atoms with Gasteiger partial charge in [0.1, 0.15) is 5.75 Å². The quantitative estimate of drug-likeness (QED) is 0.487. The van der Waals surface area contributed by atoms with E-state index in [1.807, 2.05) is 36.4 Å². The molecule has 2 aromatic heterocycles. The highest BCUT2D eigenvalue weighted by molar-refractivity contribution is 5.43. The number of phenolic OH excluding ortho intramolecular Hbond substituents is 1. The lowest BCUT2D eigenvalue weighted by Gasteiger charge is -2.22. The number of hydrogen-bond donors (Lipinski definition) is 1. The van der Waals surface area contributed by atoms with Gasteiger partial charge in [0, 0.05) is 55.8 Å². The van der Waals surface area contributed by atoms with Crippen molar-refractivity contribution < 1.29 is 10.0 Å². The minimum absolute atomic E-state index is 0.0759. The molecule has 1 N–H and O–H groups in total. The largest absolute Gasteiger partial charge is 0.507 e. The van der Waals surface area contributed by atoms with Crippen LogP contribution >= 0.6 is 0 Å². The van der Waals surface area contributed by atoms with Crippen molar-refractivity contribution in [1.82, 2.24) is 14.9 Å². The summed E-state index contributed by atoms with van der Waals surface area (Å²) in [5.74, 6) is -0.0759. The molecule has 2 heterocycles. The Labute approximate surface area is 157 Å². The Morgan fingerprint density at radius 3 is 2.26 bits per heavy atom. The lowest BCUT2D eigenvalue weighted by molar-refractivity contribution is -0.384. The third-order valence-corrected chi connectivity index (χ3v) is 4.20. The van der Waals surface area contributed by atoms with Crippen LogP contribution in [0, 0.1) is 10.1 Å². The van der Waals surface area contributed by atoms with E-state index in [4.69, 9.17) is 0 Å². The molecule has 27 heavy (non-hydrogen) atoms. The Morgan fingerprint density at radius 2 is 1.67 bits per heavy atom. The van der Waals surface area contributed by atoms with E-state index in [0.717, 1.165) is 17.8 Å². The number of nitro benzene ring substituents is 1. The Balaban J connectivity index is 1.75. The summed E-state index contributed by atoms with van der Waals surface area (Å²) in [6.07, 6.45) is 4.26. The molecule has 0 atom stereocenters. The number of nitrogens with zero attached hydrogens (tertiary/aromatic N) is 4. The van der Waals surface area contributed by atoms with E-state index < -0.39 is 4.92 Å². The number of benzene rings is 1. The van der Waals surface area contributed by atoms with Gasteiger partial charge in [-0.3, -0.25) is 25.0 Å². The maximum Gasteiger partial charge on any atom is 0.273 e. The molecule has 1 aromatic carbocycles. The Kier molecular flexibility index (Phi) is 6.06. The van der Waals surface area contributed by atoms with Crippen molar-refractivity contribution in [2.75, 3.05) is 6.54 Å². The number of rotatable bonds is 8. The molecule has 7 nitrogen and oxygen atoms in total. The molecule has 7 heteroatoms. The number of nitro groups is 1. The highest BCUT2D eigenvalue weighted by Crippen LogP contribution is 2.25. The number of non-ortho nitro benzene ring substituents is 1. The van der Waals surface area contributed by atoms with E-state index in [-0.39, 0.29) is 11.4 Å². The summed E-state index contributed by atoms with van der Waals surface area (Å²) in [4.78, 5) is 21.2. The third kappa shape index (κ3) is 5.32. The monoisotopic (exact) mass is 364 g/mol. The number of phenols is 1. The van der Waals surface area contributed by atoms with Gasteiger partial charge in [-0.1, -0.05) is 12.1 Å². The fraction of sp³-hybridized carbons (Fsp3) is 0.200. The van der Waals surface area contributed by atoms with Crippen LogP contribution in [-0.2, 0) is 19.5 Å². The molecule has 0 bridgehead atoms. The fourth-order valence-corrected chi connectivity index (χ4v) is 2.79. The zero-order valence-corrected chi connectivity index (χ0v) is 14.7. The summed E-state index contributed by atoms with van der Waals surface area (Å²) in [7, 11) is 0. The second-order valence-electron chi connectivity index (χ2n) is 6.17. The van der Waals surface area contributed by atoms with E-state index in [9.17, 15) is 15.2 Å². The summed E-state index contributed by atoms with van der Waals surface area (Å²) in [5.41, 5.74) is 2.41. The van der Waals surface area contributed by atoms with Gasteiger partial charge in [-0.2, -0.15) is 0 Å². The van der Waals surface area contributed by atoms with Crippen molar-refractivity contribution in [2.45, 2.75) is 19.5 Å². The SMILES string of the molecule is O=[N+]([O-])c1ccc(CN(CCc2ccccn2)Cc2ccccn2)c(O)c1. The van der Waals surface area contributed by atoms with Crippen molar-refractivity contribution in [3.05, 3.63) is 94.1 Å². The zero-order valence-electron chi connectivity index (χ0n) is 14.7. The van der Waals surface area contributed by atoms with Crippen molar-refractivity contribution in [1.29, 1.82) is 0 Å². The van der Waals surface area contributed by atoms with Crippen LogP contribution < -0.4 is 0 Å². The molecule has 0 fully saturated rings. The first kappa shape index (κ1) is 18.5. The lowest BCUT2D eigenvalue weighted by atomic mass is 10.1. The van der Waals surface area contributed by atoms with Gasteiger partial charge < -0.3 is 5.11 Å². The molecule has 0 unspecified atom stereocenters. The molecule has 138 valence electrons. The Bertz CT molecular complexity index is 888. The molecular formula is C20H20N4O3. The highest BCUT2D eigenvalue weighted by Gasteiger charge is 2.14. The molecule has 0 aliphatic rings. The maximum absolute atomic E-state index is 10.9. The van der Waals surface area contributed by atoms with Crippen molar-refractivity contribution >= 4 is 5.69 Å². The van der Waals surface area contributed by atoms with Gasteiger partial charge in [-0.15, -0.1) is 0 Å². The van der Waals surface area contributed by atoms with E-state index >= 15 is 0 Å². The Morgan fingerprint density at radius 1 is 0.963 bits per heavy atom. The fourth-order valence-electron chi connectivity index (χ4n) is 2.79. The number of aromatic nitrogens is 2. The minimum Gasteiger partial charge on any atom is -0.507 e. The smallest absolute Gasteiger partial charge is 0.273 e. The first-order valence-electron chi connectivity index (χ1n) is 8.60. The summed E-state index contributed by atoms with van der Waals surface area (Å²) in [6, 6.07) is 15.7. The molecule has 0 aliphatic heterocycles. The molecule has 0 spiro atoms. The number of pyridine rings is 2. The lowest BCUT2D eigenvalue weighted by Crippen LogP contribution is -2.26. The van der Waals surface area contributed by atoms with Crippen molar-refractivity contribution in [3.8, 4) is 5.75 Å².